The molecule has 1 atom stereocenters. The van der Waals surface area contributed by atoms with Crippen molar-refractivity contribution in [2.24, 2.45) is 11.8 Å². The van der Waals surface area contributed by atoms with Gasteiger partial charge >= 0.3 is 12.1 Å². The topological polar surface area (TPSA) is 157 Å². The Morgan fingerprint density at radius 3 is 2.32 bits per heavy atom. The molecule has 1 unspecified atom stereocenters. The van der Waals surface area contributed by atoms with Crippen LogP contribution in [0.15, 0.2) is 48.7 Å². The van der Waals surface area contributed by atoms with E-state index in [0.717, 1.165) is 72.9 Å². The van der Waals surface area contributed by atoms with Crippen molar-refractivity contribution in [3.05, 3.63) is 59.8 Å². The number of anilines is 1. The Morgan fingerprint density at radius 2 is 1.58 bits per heavy atom. The molecule has 0 radical (unpaired) electrons. The first-order valence-corrected chi connectivity index (χ1v) is 18.1. The number of benzene rings is 2. The number of nitrogens with one attached hydrogen (secondary N) is 3. The van der Waals surface area contributed by atoms with Gasteiger partial charge in [0.2, 0.25) is 5.91 Å². The zero-order chi connectivity index (χ0) is 34.6. The molecule has 4 aliphatic rings. The van der Waals surface area contributed by atoms with Crippen molar-refractivity contribution in [1.82, 2.24) is 35.1 Å². The number of amides is 5. The van der Waals surface area contributed by atoms with Crippen LogP contribution in [0.2, 0.25) is 0 Å². The molecule has 3 N–H and O–H groups in total. The number of hydrogen-bond acceptors (Lipinski definition) is 7. The summed E-state index contributed by atoms with van der Waals surface area (Å²) >= 11 is 0. The molecule has 1 aromatic heterocycles. The molecule has 5 heterocycles. The van der Waals surface area contributed by atoms with Crippen LogP contribution in [-0.2, 0) is 22.4 Å². The highest BCUT2D eigenvalue weighted by Gasteiger charge is 2.36. The first-order chi connectivity index (χ1) is 24.3. The Morgan fingerprint density at radius 1 is 0.880 bits per heavy atom. The average molecular weight is 684 g/mol. The number of piperidine rings is 3. The van der Waals surface area contributed by atoms with Crippen molar-refractivity contribution < 1.29 is 24.3 Å². The highest BCUT2D eigenvalue weighted by molar-refractivity contribution is 5.91. The van der Waals surface area contributed by atoms with Gasteiger partial charge in [-0.15, -0.1) is 0 Å². The number of carbonyl (C=O) groups is 4. The maximum atomic E-state index is 14.1. The number of para-hydroxylation sites is 1. The minimum Gasteiger partial charge on any atom is -0.549 e. The number of likely N-dealkylation sites (tertiary alicyclic amines) is 3. The second-order valence-corrected chi connectivity index (χ2v) is 14.4. The molecule has 2 aromatic carbocycles. The third-order valence-corrected chi connectivity index (χ3v) is 11.4. The van der Waals surface area contributed by atoms with Gasteiger partial charge in [0.25, 0.3) is 0 Å². The molecule has 3 aromatic rings. The predicted molar refractivity (Wildman–Crippen MR) is 186 cm³/mol. The van der Waals surface area contributed by atoms with Crippen LogP contribution in [0.5, 0.6) is 0 Å². The zero-order valence-corrected chi connectivity index (χ0v) is 28.5. The van der Waals surface area contributed by atoms with Crippen LogP contribution in [0.3, 0.4) is 0 Å². The summed E-state index contributed by atoms with van der Waals surface area (Å²) in [5.74, 6) is -0.0633. The van der Waals surface area contributed by atoms with Crippen molar-refractivity contribution in [2.75, 3.05) is 57.7 Å². The molecule has 0 aliphatic carbocycles. The molecule has 0 bridgehead atoms. The van der Waals surface area contributed by atoms with E-state index in [1.165, 1.54) is 0 Å². The fourth-order valence-corrected chi connectivity index (χ4v) is 8.49. The number of rotatable bonds is 8. The first-order valence-electron chi connectivity index (χ1n) is 18.1. The molecule has 3 saturated heterocycles. The van der Waals surface area contributed by atoms with Gasteiger partial charge in [-0.1, -0.05) is 24.3 Å². The number of hydrogen-bond donors (Lipinski definition) is 3. The fraction of sp³-hybridized carbons (Fsp3) is 0.541. The monoisotopic (exact) mass is 683 g/mol. The lowest BCUT2D eigenvalue weighted by Gasteiger charge is -2.41. The lowest BCUT2D eigenvalue weighted by molar-refractivity contribution is -0.306. The third-order valence-electron chi connectivity index (χ3n) is 11.4. The Hall–Kier alpha value is -4.65. The lowest BCUT2D eigenvalue weighted by Crippen LogP contribution is -2.57. The van der Waals surface area contributed by atoms with Gasteiger partial charge in [-0.2, -0.15) is 5.10 Å². The Bertz CT molecular complexity index is 1690. The molecule has 0 spiro atoms. The molecular weight excluding hydrogens is 636 g/mol. The summed E-state index contributed by atoms with van der Waals surface area (Å²) in [6.07, 6.45) is 8.00. The van der Waals surface area contributed by atoms with E-state index in [-0.39, 0.29) is 30.6 Å². The molecule has 13 nitrogen and oxygen atoms in total. The van der Waals surface area contributed by atoms with E-state index in [2.05, 4.69) is 20.8 Å². The van der Waals surface area contributed by atoms with Gasteiger partial charge in [-0.25, -0.2) is 9.59 Å². The zero-order valence-electron chi connectivity index (χ0n) is 28.5. The highest BCUT2D eigenvalue weighted by Crippen LogP contribution is 2.33. The second-order valence-electron chi connectivity index (χ2n) is 14.4. The summed E-state index contributed by atoms with van der Waals surface area (Å²) in [5, 5.41) is 25.2. The largest absolute Gasteiger partial charge is 0.549 e. The van der Waals surface area contributed by atoms with Gasteiger partial charge in [-0.3, -0.25) is 14.8 Å². The number of aromatic amines is 1. The average Bonchev–Trinajstić information content (AvgIpc) is 3.53. The molecule has 0 saturated carbocycles. The molecule has 13 heteroatoms. The van der Waals surface area contributed by atoms with Crippen LogP contribution in [0, 0.1) is 11.8 Å². The maximum absolute atomic E-state index is 14.1. The van der Waals surface area contributed by atoms with Crippen LogP contribution in [0.25, 0.3) is 10.9 Å². The van der Waals surface area contributed by atoms with Crippen molar-refractivity contribution in [3.8, 4) is 0 Å². The standard InChI is InChI=1S/C37H48N8O5/c46-34(47)24-42-14-7-26(8-15-42)27-9-16-43(17-10-27)35(48)33(22-25-5-6-32-29(21-25)23-38-41-32)40-36(49)44-18-12-30(13-19-44)45-20-11-28-3-1-2-4-31(28)39-37(45)50/h1-6,21,23,26-27,30,33H,7-20,22,24H2,(H,38,41)(H,39,50)(H,40,49)(H,46,47)/p-1. The molecule has 4 aliphatic heterocycles. The van der Waals surface area contributed by atoms with Gasteiger partial charge < -0.3 is 35.2 Å². The van der Waals surface area contributed by atoms with E-state index >= 15 is 0 Å². The molecule has 266 valence electrons. The Labute approximate surface area is 292 Å². The van der Waals surface area contributed by atoms with Gasteiger partial charge in [0.05, 0.1) is 17.7 Å². The third kappa shape index (κ3) is 7.72. The number of carbonyl (C=O) groups excluding carboxylic acids is 4. The Balaban J connectivity index is 0.963. The van der Waals surface area contributed by atoms with Crippen LogP contribution in [0.1, 0.15) is 49.7 Å². The number of carboxylic acid groups (broad SMARTS) is 1. The van der Waals surface area contributed by atoms with E-state index in [0.29, 0.717) is 63.8 Å². The number of aliphatic carboxylic acids is 1. The summed E-state index contributed by atoms with van der Waals surface area (Å²) < 4.78 is 0. The second kappa shape index (κ2) is 15.1. The number of fused-ring (bicyclic) bond motifs is 2. The van der Waals surface area contributed by atoms with Crippen LogP contribution >= 0.6 is 0 Å². The fourth-order valence-electron chi connectivity index (χ4n) is 8.49. The highest BCUT2D eigenvalue weighted by atomic mass is 16.4. The van der Waals surface area contributed by atoms with Gasteiger partial charge in [0.1, 0.15) is 6.04 Å². The van der Waals surface area contributed by atoms with Crippen LogP contribution in [-0.4, -0.2) is 118 Å². The molecule has 50 heavy (non-hydrogen) atoms. The number of aromatic nitrogens is 2. The summed E-state index contributed by atoms with van der Waals surface area (Å²) in [4.78, 5) is 59.6. The summed E-state index contributed by atoms with van der Waals surface area (Å²) in [6, 6.07) is 12.8. The Kier molecular flexibility index (Phi) is 10.2. The van der Waals surface area contributed by atoms with E-state index < -0.39 is 12.0 Å². The molecule has 5 amide bonds. The first kappa shape index (κ1) is 33.8. The van der Waals surface area contributed by atoms with E-state index in [1.807, 2.05) is 57.2 Å². The van der Waals surface area contributed by atoms with E-state index in [1.54, 1.807) is 11.1 Å². The quantitative estimate of drug-likeness (QED) is 0.329. The molecule has 7 rings (SSSR count). The number of nitrogens with zero attached hydrogens (tertiary/aromatic N) is 5. The van der Waals surface area contributed by atoms with Crippen LogP contribution in [0.4, 0.5) is 15.3 Å². The lowest BCUT2D eigenvalue weighted by atomic mass is 9.78. The summed E-state index contributed by atoms with van der Waals surface area (Å²) in [6.45, 7) is 4.45. The van der Waals surface area contributed by atoms with E-state index in [4.69, 9.17) is 0 Å². The van der Waals surface area contributed by atoms with Crippen molar-refractivity contribution in [1.29, 1.82) is 0 Å². The molecular formula is C37H47N8O5-. The molecule has 3 fully saturated rings. The van der Waals surface area contributed by atoms with Crippen LogP contribution < -0.4 is 15.7 Å². The predicted octanol–water partition coefficient (Wildman–Crippen LogP) is 2.44. The normalized spacial score (nSPS) is 20.6. The van der Waals surface area contributed by atoms with Gasteiger partial charge in [0, 0.05) is 62.8 Å². The minimum atomic E-state index is -1.03. The summed E-state index contributed by atoms with van der Waals surface area (Å²) in [7, 11) is 0. The van der Waals surface area contributed by atoms with Crippen molar-refractivity contribution >= 4 is 40.5 Å². The number of H-pyrrole nitrogens is 1. The van der Waals surface area contributed by atoms with Gasteiger partial charge in [-0.05, 0) is 99.2 Å². The smallest absolute Gasteiger partial charge is 0.322 e. The van der Waals surface area contributed by atoms with Crippen molar-refractivity contribution in [2.45, 2.75) is 63.5 Å². The number of urea groups is 2. The van der Waals surface area contributed by atoms with E-state index in [9.17, 15) is 24.3 Å². The van der Waals surface area contributed by atoms with Gasteiger partial charge in [0.15, 0.2) is 0 Å². The SMILES string of the molecule is O=C([O-])CN1CCC(C2CCN(C(=O)C(Cc3ccc4[nH]ncc4c3)NC(=O)N3CCC(N4CCc5ccccc5NC4=O)CC3)CC2)CC1. The minimum absolute atomic E-state index is 0.0107. The number of carboxylic acids is 1. The van der Waals surface area contributed by atoms with Crippen molar-refractivity contribution in [3.63, 3.8) is 0 Å². The maximum Gasteiger partial charge on any atom is 0.322 e. The summed E-state index contributed by atoms with van der Waals surface area (Å²) in [5.41, 5.74) is 3.85.